The van der Waals surface area contributed by atoms with Crippen molar-refractivity contribution >= 4 is 23.3 Å². The quantitative estimate of drug-likeness (QED) is 0.690. The van der Waals surface area contributed by atoms with E-state index >= 15 is 0 Å². The maximum atomic E-state index is 11.7. The molecular formula is C14H21N3O2. The van der Waals surface area contributed by atoms with Gasteiger partial charge in [0.25, 0.3) is 0 Å². The summed E-state index contributed by atoms with van der Waals surface area (Å²) in [6, 6.07) is 6.79. The van der Waals surface area contributed by atoms with Crippen molar-refractivity contribution in [3.8, 4) is 0 Å². The second kappa shape index (κ2) is 8.13. The van der Waals surface area contributed by atoms with E-state index in [2.05, 4.69) is 22.9 Å². The van der Waals surface area contributed by atoms with Gasteiger partial charge in [0.05, 0.1) is 0 Å². The molecule has 0 saturated carbocycles. The zero-order chi connectivity index (χ0) is 14.1. The number of carbonyl (C=O) groups is 2. The summed E-state index contributed by atoms with van der Waals surface area (Å²) in [6.45, 7) is 2.10. The standard InChI is InChI=1S/C14H21N3O2/c1-3-4-5-9-13(18)16-11-7-6-8-12(10-11)17-14(19)15-2/h6-8,10H,3-5,9H2,1-2H3,(H,16,18)(H2,15,17,19). The van der Waals surface area contributed by atoms with Gasteiger partial charge in [-0.3, -0.25) is 4.79 Å². The Bertz CT molecular complexity index is 432. The monoisotopic (exact) mass is 263 g/mol. The molecule has 3 amide bonds. The summed E-state index contributed by atoms with van der Waals surface area (Å²) in [4.78, 5) is 22.8. The Labute approximate surface area is 113 Å². The molecule has 3 N–H and O–H groups in total. The van der Waals surface area contributed by atoms with Crippen molar-refractivity contribution < 1.29 is 9.59 Å². The van der Waals surface area contributed by atoms with Crippen LogP contribution in [0, 0.1) is 0 Å². The molecule has 0 aromatic heterocycles. The molecule has 0 atom stereocenters. The first-order valence-corrected chi connectivity index (χ1v) is 6.54. The van der Waals surface area contributed by atoms with Gasteiger partial charge in [-0.05, 0) is 24.6 Å². The zero-order valence-electron chi connectivity index (χ0n) is 11.5. The first-order chi connectivity index (χ1) is 9.15. The lowest BCUT2D eigenvalue weighted by molar-refractivity contribution is -0.116. The molecule has 104 valence electrons. The largest absolute Gasteiger partial charge is 0.341 e. The van der Waals surface area contributed by atoms with Crippen LogP contribution in [0.1, 0.15) is 32.6 Å². The van der Waals surface area contributed by atoms with Crippen LogP contribution in [-0.4, -0.2) is 19.0 Å². The predicted molar refractivity (Wildman–Crippen MR) is 77.3 cm³/mol. The number of anilines is 2. The van der Waals surface area contributed by atoms with Crippen LogP contribution in [0.2, 0.25) is 0 Å². The van der Waals surface area contributed by atoms with Gasteiger partial charge >= 0.3 is 6.03 Å². The Morgan fingerprint density at radius 3 is 2.42 bits per heavy atom. The molecule has 1 rings (SSSR count). The topological polar surface area (TPSA) is 70.2 Å². The van der Waals surface area contributed by atoms with Crippen LogP contribution >= 0.6 is 0 Å². The van der Waals surface area contributed by atoms with Crippen LogP contribution < -0.4 is 16.0 Å². The minimum Gasteiger partial charge on any atom is -0.341 e. The van der Waals surface area contributed by atoms with E-state index in [9.17, 15) is 9.59 Å². The van der Waals surface area contributed by atoms with E-state index < -0.39 is 0 Å². The van der Waals surface area contributed by atoms with Gasteiger partial charge in [-0.15, -0.1) is 0 Å². The molecule has 1 aromatic rings. The molecule has 5 nitrogen and oxygen atoms in total. The maximum Gasteiger partial charge on any atom is 0.318 e. The summed E-state index contributed by atoms with van der Waals surface area (Å²) < 4.78 is 0. The number of amides is 3. The molecule has 0 heterocycles. The third kappa shape index (κ3) is 5.90. The number of nitrogens with one attached hydrogen (secondary N) is 3. The minimum atomic E-state index is -0.286. The number of benzene rings is 1. The maximum absolute atomic E-state index is 11.7. The minimum absolute atomic E-state index is 0.00513. The van der Waals surface area contributed by atoms with Crippen molar-refractivity contribution in [2.75, 3.05) is 17.7 Å². The lowest BCUT2D eigenvalue weighted by atomic mass is 10.2. The fraction of sp³-hybridized carbons (Fsp3) is 0.429. The van der Waals surface area contributed by atoms with Gasteiger partial charge in [0, 0.05) is 24.8 Å². The lowest BCUT2D eigenvalue weighted by Gasteiger charge is -2.08. The molecule has 5 heteroatoms. The predicted octanol–water partition coefficient (Wildman–Crippen LogP) is 2.96. The fourth-order valence-corrected chi connectivity index (χ4v) is 1.63. The van der Waals surface area contributed by atoms with Crippen molar-refractivity contribution in [1.82, 2.24) is 5.32 Å². The first kappa shape index (κ1) is 15.0. The van der Waals surface area contributed by atoms with Crippen LogP contribution in [0.15, 0.2) is 24.3 Å². The van der Waals surface area contributed by atoms with Gasteiger partial charge in [-0.2, -0.15) is 0 Å². The Balaban J connectivity index is 2.52. The highest BCUT2D eigenvalue weighted by Gasteiger charge is 2.04. The smallest absolute Gasteiger partial charge is 0.318 e. The molecule has 1 aromatic carbocycles. The Morgan fingerprint density at radius 2 is 1.79 bits per heavy atom. The molecule has 0 aliphatic heterocycles. The lowest BCUT2D eigenvalue weighted by Crippen LogP contribution is -2.24. The summed E-state index contributed by atoms with van der Waals surface area (Å²) in [5, 5.41) is 7.95. The van der Waals surface area contributed by atoms with E-state index in [0.29, 0.717) is 17.8 Å². The molecule has 19 heavy (non-hydrogen) atoms. The normalized spacial score (nSPS) is 9.79. The number of urea groups is 1. The van der Waals surface area contributed by atoms with Crippen LogP contribution in [0.5, 0.6) is 0 Å². The summed E-state index contributed by atoms with van der Waals surface area (Å²) in [6.07, 6.45) is 3.59. The van der Waals surface area contributed by atoms with Crippen LogP contribution in [0.3, 0.4) is 0 Å². The fourth-order valence-electron chi connectivity index (χ4n) is 1.63. The number of unbranched alkanes of at least 4 members (excludes halogenated alkanes) is 2. The van der Waals surface area contributed by atoms with Crippen LogP contribution in [0.4, 0.5) is 16.2 Å². The molecule has 0 unspecified atom stereocenters. The highest BCUT2D eigenvalue weighted by Crippen LogP contribution is 2.15. The van der Waals surface area contributed by atoms with Crippen molar-refractivity contribution in [3.05, 3.63) is 24.3 Å². The average Bonchev–Trinajstić information content (AvgIpc) is 2.39. The molecule has 0 bridgehead atoms. The van der Waals surface area contributed by atoms with E-state index in [0.717, 1.165) is 19.3 Å². The Morgan fingerprint density at radius 1 is 1.11 bits per heavy atom. The first-order valence-electron chi connectivity index (χ1n) is 6.54. The third-order valence-electron chi connectivity index (χ3n) is 2.64. The van der Waals surface area contributed by atoms with Crippen LogP contribution in [0.25, 0.3) is 0 Å². The zero-order valence-corrected chi connectivity index (χ0v) is 11.5. The Kier molecular flexibility index (Phi) is 6.43. The van der Waals surface area contributed by atoms with Crippen molar-refractivity contribution in [1.29, 1.82) is 0 Å². The second-order valence-corrected chi connectivity index (χ2v) is 4.29. The molecule has 0 radical (unpaired) electrons. The van der Waals surface area contributed by atoms with Crippen LogP contribution in [-0.2, 0) is 4.79 Å². The summed E-state index contributed by atoms with van der Waals surface area (Å²) >= 11 is 0. The van der Waals surface area contributed by atoms with Crippen molar-refractivity contribution in [2.24, 2.45) is 0 Å². The molecule has 0 aliphatic rings. The Hall–Kier alpha value is -2.04. The summed E-state index contributed by atoms with van der Waals surface area (Å²) in [5.74, 6) is 0.00513. The van der Waals surface area contributed by atoms with Crippen molar-refractivity contribution in [2.45, 2.75) is 32.6 Å². The summed E-state index contributed by atoms with van der Waals surface area (Å²) in [5.41, 5.74) is 1.33. The molecule has 0 spiro atoms. The van der Waals surface area contributed by atoms with E-state index in [-0.39, 0.29) is 11.9 Å². The molecule has 0 fully saturated rings. The summed E-state index contributed by atoms with van der Waals surface area (Å²) in [7, 11) is 1.55. The van der Waals surface area contributed by atoms with Gasteiger partial charge in [-0.1, -0.05) is 25.8 Å². The van der Waals surface area contributed by atoms with E-state index in [4.69, 9.17) is 0 Å². The van der Waals surface area contributed by atoms with Gasteiger partial charge in [0.1, 0.15) is 0 Å². The number of hydrogen-bond donors (Lipinski definition) is 3. The molecule has 0 aliphatic carbocycles. The second-order valence-electron chi connectivity index (χ2n) is 4.29. The van der Waals surface area contributed by atoms with Gasteiger partial charge in [-0.25, -0.2) is 4.79 Å². The SMILES string of the molecule is CCCCCC(=O)Nc1cccc(NC(=O)NC)c1. The van der Waals surface area contributed by atoms with Gasteiger partial charge < -0.3 is 16.0 Å². The third-order valence-corrected chi connectivity index (χ3v) is 2.64. The van der Waals surface area contributed by atoms with E-state index in [1.54, 1.807) is 31.3 Å². The highest BCUT2D eigenvalue weighted by atomic mass is 16.2. The van der Waals surface area contributed by atoms with E-state index in [1.165, 1.54) is 0 Å². The highest BCUT2D eigenvalue weighted by molar-refractivity contribution is 5.93. The number of carbonyl (C=O) groups excluding carboxylic acids is 2. The molecular weight excluding hydrogens is 242 g/mol. The van der Waals surface area contributed by atoms with Crippen molar-refractivity contribution in [3.63, 3.8) is 0 Å². The van der Waals surface area contributed by atoms with Gasteiger partial charge in [0.15, 0.2) is 0 Å². The number of rotatable bonds is 6. The number of hydrogen-bond acceptors (Lipinski definition) is 2. The van der Waals surface area contributed by atoms with Gasteiger partial charge in [0.2, 0.25) is 5.91 Å². The average molecular weight is 263 g/mol. The molecule has 0 saturated heterocycles. The van der Waals surface area contributed by atoms with E-state index in [1.807, 2.05) is 0 Å².